The second kappa shape index (κ2) is 6.56. The third-order valence-corrected chi connectivity index (χ3v) is 5.76. The molecular weight excluding hydrogens is 260 g/mol. The number of rotatable bonds is 7. The lowest BCUT2D eigenvalue weighted by Gasteiger charge is -2.53. The SMILES string of the molecule is CC/C=C\C(C)/C(C)=C(/OCC1CO1)C1(C)C(C)CC1C. The molecule has 0 aromatic heterocycles. The highest BCUT2D eigenvalue weighted by Crippen LogP contribution is 2.57. The standard InChI is InChI=1S/C19H32O2/c1-7-8-9-13(2)16(5)18(21-12-17-11-20-17)19(6)14(3)10-15(19)4/h8-9,13-15,17H,7,10-12H2,1-6H3/b9-8-,18-16+. The van der Waals surface area contributed by atoms with Crippen molar-refractivity contribution in [2.24, 2.45) is 23.2 Å². The van der Waals surface area contributed by atoms with Crippen molar-refractivity contribution < 1.29 is 9.47 Å². The largest absolute Gasteiger partial charge is 0.495 e. The van der Waals surface area contributed by atoms with Crippen LogP contribution in [0.2, 0.25) is 0 Å². The average Bonchev–Trinajstić information content (AvgIpc) is 3.28. The fraction of sp³-hybridized carbons (Fsp3) is 0.789. The Morgan fingerprint density at radius 1 is 1.38 bits per heavy atom. The van der Waals surface area contributed by atoms with E-state index in [2.05, 4.69) is 53.7 Å². The number of hydrogen-bond donors (Lipinski definition) is 0. The average molecular weight is 292 g/mol. The van der Waals surface area contributed by atoms with Gasteiger partial charge in [-0.2, -0.15) is 0 Å². The van der Waals surface area contributed by atoms with Crippen LogP contribution in [0.3, 0.4) is 0 Å². The van der Waals surface area contributed by atoms with Crippen LogP contribution in [0.15, 0.2) is 23.5 Å². The molecular formula is C19H32O2. The molecule has 0 aromatic carbocycles. The zero-order valence-electron chi connectivity index (χ0n) is 14.6. The van der Waals surface area contributed by atoms with Gasteiger partial charge in [0, 0.05) is 5.41 Å². The highest BCUT2D eigenvalue weighted by molar-refractivity contribution is 5.24. The summed E-state index contributed by atoms with van der Waals surface area (Å²) in [7, 11) is 0. The lowest BCUT2D eigenvalue weighted by Crippen LogP contribution is -2.47. The fourth-order valence-electron chi connectivity index (χ4n) is 3.52. The Bertz CT molecular complexity index is 409. The van der Waals surface area contributed by atoms with Gasteiger partial charge in [0.15, 0.2) is 0 Å². The monoisotopic (exact) mass is 292 g/mol. The molecule has 0 aromatic rings. The van der Waals surface area contributed by atoms with Crippen molar-refractivity contribution in [1.29, 1.82) is 0 Å². The van der Waals surface area contributed by atoms with Gasteiger partial charge >= 0.3 is 0 Å². The summed E-state index contributed by atoms with van der Waals surface area (Å²) in [5.74, 6) is 3.06. The molecule has 4 atom stereocenters. The summed E-state index contributed by atoms with van der Waals surface area (Å²) >= 11 is 0. The molecule has 120 valence electrons. The minimum atomic E-state index is 0.188. The Morgan fingerprint density at radius 3 is 2.48 bits per heavy atom. The van der Waals surface area contributed by atoms with Crippen molar-refractivity contribution in [2.45, 2.75) is 60.5 Å². The summed E-state index contributed by atoms with van der Waals surface area (Å²) < 4.78 is 11.6. The number of allylic oxidation sites excluding steroid dienone is 4. The molecule has 0 amide bonds. The molecule has 2 fully saturated rings. The van der Waals surface area contributed by atoms with Crippen LogP contribution in [0.1, 0.15) is 54.4 Å². The van der Waals surface area contributed by atoms with Gasteiger partial charge in [-0.1, -0.05) is 46.8 Å². The van der Waals surface area contributed by atoms with Crippen LogP contribution in [-0.4, -0.2) is 19.3 Å². The predicted octanol–water partition coefficient (Wildman–Crippen LogP) is 4.96. The van der Waals surface area contributed by atoms with Gasteiger partial charge in [-0.25, -0.2) is 0 Å². The quantitative estimate of drug-likeness (QED) is 0.376. The highest BCUT2D eigenvalue weighted by Gasteiger charge is 2.51. The zero-order chi connectivity index (χ0) is 15.6. The molecule has 21 heavy (non-hydrogen) atoms. The van der Waals surface area contributed by atoms with Crippen molar-refractivity contribution >= 4 is 0 Å². The van der Waals surface area contributed by atoms with E-state index < -0.39 is 0 Å². The van der Waals surface area contributed by atoms with Crippen molar-refractivity contribution in [3.63, 3.8) is 0 Å². The van der Waals surface area contributed by atoms with Crippen LogP contribution in [0.5, 0.6) is 0 Å². The van der Waals surface area contributed by atoms with E-state index in [0.717, 1.165) is 13.0 Å². The summed E-state index contributed by atoms with van der Waals surface area (Å²) in [5.41, 5.74) is 1.58. The topological polar surface area (TPSA) is 21.8 Å². The van der Waals surface area contributed by atoms with Crippen LogP contribution < -0.4 is 0 Å². The van der Waals surface area contributed by atoms with Crippen LogP contribution in [-0.2, 0) is 9.47 Å². The lowest BCUT2D eigenvalue weighted by molar-refractivity contribution is -0.0372. The van der Waals surface area contributed by atoms with Crippen LogP contribution in [0, 0.1) is 23.2 Å². The molecule has 1 aliphatic heterocycles. The van der Waals surface area contributed by atoms with Gasteiger partial charge in [0.25, 0.3) is 0 Å². The Labute approximate surface area is 130 Å². The first-order valence-corrected chi connectivity index (χ1v) is 8.53. The van der Waals surface area contributed by atoms with Crippen molar-refractivity contribution in [1.82, 2.24) is 0 Å². The first kappa shape index (κ1) is 16.6. The van der Waals surface area contributed by atoms with Crippen molar-refractivity contribution in [3.05, 3.63) is 23.5 Å². The molecule has 4 unspecified atom stereocenters. The van der Waals surface area contributed by atoms with Crippen molar-refractivity contribution in [3.8, 4) is 0 Å². The van der Waals surface area contributed by atoms with Gasteiger partial charge in [0.1, 0.15) is 18.5 Å². The second-order valence-corrected chi connectivity index (χ2v) is 7.22. The van der Waals surface area contributed by atoms with Crippen LogP contribution >= 0.6 is 0 Å². The molecule has 1 saturated heterocycles. The molecule has 0 spiro atoms. The Hall–Kier alpha value is -0.760. The summed E-state index contributed by atoms with van der Waals surface area (Å²) in [6.45, 7) is 15.4. The van der Waals surface area contributed by atoms with E-state index in [1.807, 2.05) is 0 Å². The summed E-state index contributed by atoms with van der Waals surface area (Å²) in [4.78, 5) is 0. The van der Waals surface area contributed by atoms with E-state index in [1.165, 1.54) is 17.8 Å². The van der Waals surface area contributed by atoms with Gasteiger partial charge < -0.3 is 9.47 Å². The summed E-state index contributed by atoms with van der Waals surface area (Å²) in [6.07, 6.45) is 7.28. The molecule has 2 aliphatic rings. The van der Waals surface area contributed by atoms with E-state index in [0.29, 0.717) is 30.5 Å². The predicted molar refractivity (Wildman–Crippen MR) is 88.0 cm³/mol. The highest BCUT2D eigenvalue weighted by atomic mass is 16.6. The zero-order valence-corrected chi connectivity index (χ0v) is 14.6. The van der Waals surface area contributed by atoms with E-state index in [4.69, 9.17) is 9.47 Å². The Morgan fingerprint density at radius 2 is 2.00 bits per heavy atom. The molecule has 2 nitrogen and oxygen atoms in total. The molecule has 1 heterocycles. The lowest BCUT2D eigenvalue weighted by atomic mass is 9.53. The van der Waals surface area contributed by atoms with Crippen LogP contribution in [0.25, 0.3) is 0 Å². The van der Waals surface area contributed by atoms with Gasteiger partial charge in [0.2, 0.25) is 0 Å². The molecule has 2 heteroatoms. The Balaban J connectivity index is 2.23. The van der Waals surface area contributed by atoms with Crippen molar-refractivity contribution in [2.75, 3.05) is 13.2 Å². The molecule has 0 N–H and O–H groups in total. The maximum absolute atomic E-state index is 6.30. The van der Waals surface area contributed by atoms with E-state index >= 15 is 0 Å². The fourth-order valence-corrected chi connectivity index (χ4v) is 3.52. The third-order valence-electron chi connectivity index (χ3n) is 5.76. The van der Waals surface area contributed by atoms with E-state index in [1.54, 1.807) is 0 Å². The number of hydrogen-bond acceptors (Lipinski definition) is 2. The maximum Gasteiger partial charge on any atom is 0.116 e. The smallest absolute Gasteiger partial charge is 0.116 e. The molecule has 0 bridgehead atoms. The first-order chi connectivity index (χ1) is 9.91. The molecule has 1 aliphatic carbocycles. The van der Waals surface area contributed by atoms with Gasteiger partial charge in [-0.3, -0.25) is 0 Å². The molecule has 2 rings (SSSR count). The number of epoxide rings is 1. The molecule has 1 saturated carbocycles. The second-order valence-electron chi connectivity index (χ2n) is 7.22. The maximum atomic E-state index is 6.30. The number of ether oxygens (including phenoxy) is 2. The summed E-state index contributed by atoms with van der Waals surface area (Å²) in [5, 5.41) is 0. The summed E-state index contributed by atoms with van der Waals surface area (Å²) in [6, 6.07) is 0. The van der Waals surface area contributed by atoms with E-state index in [9.17, 15) is 0 Å². The molecule has 0 radical (unpaired) electrons. The van der Waals surface area contributed by atoms with Gasteiger partial charge in [-0.05, 0) is 43.1 Å². The third kappa shape index (κ3) is 3.36. The minimum absolute atomic E-state index is 0.188. The first-order valence-electron chi connectivity index (χ1n) is 8.53. The normalized spacial score (nSPS) is 37.9. The van der Waals surface area contributed by atoms with E-state index in [-0.39, 0.29) is 5.41 Å². The minimum Gasteiger partial charge on any atom is -0.495 e. The van der Waals surface area contributed by atoms with Gasteiger partial charge in [-0.15, -0.1) is 0 Å². The van der Waals surface area contributed by atoms with Crippen LogP contribution in [0.4, 0.5) is 0 Å². The Kier molecular flexibility index (Phi) is 5.19. The van der Waals surface area contributed by atoms with Gasteiger partial charge in [0.05, 0.1) is 6.61 Å².